The number of nitrogen functional groups attached to an aromatic ring is 1. The van der Waals surface area contributed by atoms with Crippen molar-refractivity contribution in [3.05, 3.63) is 53.6 Å². The van der Waals surface area contributed by atoms with Crippen LogP contribution in [0.3, 0.4) is 0 Å². The van der Waals surface area contributed by atoms with Crippen LogP contribution in [0.2, 0.25) is 0 Å². The molecule has 0 bridgehead atoms. The summed E-state index contributed by atoms with van der Waals surface area (Å²) >= 11 is 0. The van der Waals surface area contributed by atoms with E-state index in [9.17, 15) is 0 Å². The second-order valence-electron chi connectivity index (χ2n) is 3.92. The van der Waals surface area contributed by atoms with Crippen LogP contribution < -0.4 is 10.5 Å². The summed E-state index contributed by atoms with van der Waals surface area (Å²) in [4.78, 5) is 0. The number of ether oxygens (including phenoxy) is 1. The van der Waals surface area contributed by atoms with Crippen molar-refractivity contribution in [3.63, 3.8) is 0 Å². The van der Waals surface area contributed by atoms with E-state index in [1.54, 1.807) is 0 Å². The molecule has 3 heteroatoms. The Hall–Kier alpha value is -2.00. The lowest BCUT2D eigenvalue weighted by Gasteiger charge is -2.08. The Balaban J connectivity index is 2.16. The zero-order chi connectivity index (χ0) is 12.3. The Labute approximate surface area is 100 Å². The van der Waals surface area contributed by atoms with Crippen LogP contribution in [-0.2, 0) is 6.61 Å². The van der Waals surface area contributed by atoms with Gasteiger partial charge in [-0.1, -0.05) is 12.1 Å². The number of rotatable bonds is 3. The SMILES string of the molecule is Cc1cc(Oc2ccc(CO)cc2)ccc1N. The van der Waals surface area contributed by atoms with Crippen molar-refractivity contribution in [2.75, 3.05) is 5.73 Å². The molecule has 0 aliphatic rings. The van der Waals surface area contributed by atoms with E-state index in [2.05, 4.69) is 0 Å². The molecule has 0 heterocycles. The maximum absolute atomic E-state index is 8.93. The smallest absolute Gasteiger partial charge is 0.127 e. The minimum absolute atomic E-state index is 0.0429. The van der Waals surface area contributed by atoms with Crippen LogP contribution in [0, 0.1) is 6.92 Å². The normalized spacial score (nSPS) is 10.2. The predicted octanol–water partition coefficient (Wildman–Crippen LogP) is 2.86. The Kier molecular flexibility index (Phi) is 3.30. The van der Waals surface area contributed by atoms with Crippen LogP contribution in [0.15, 0.2) is 42.5 Å². The molecule has 0 fully saturated rings. The molecule has 0 saturated carbocycles. The highest BCUT2D eigenvalue weighted by atomic mass is 16.5. The van der Waals surface area contributed by atoms with Crippen LogP contribution in [0.4, 0.5) is 5.69 Å². The molecular formula is C14H15NO2. The van der Waals surface area contributed by atoms with E-state index < -0.39 is 0 Å². The van der Waals surface area contributed by atoms with Gasteiger partial charge in [-0.05, 0) is 48.4 Å². The molecule has 2 aromatic carbocycles. The van der Waals surface area contributed by atoms with Crippen molar-refractivity contribution < 1.29 is 9.84 Å². The number of benzene rings is 2. The summed E-state index contributed by atoms with van der Waals surface area (Å²) < 4.78 is 5.68. The van der Waals surface area contributed by atoms with Crippen molar-refractivity contribution in [2.24, 2.45) is 0 Å². The zero-order valence-corrected chi connectivity index (χ0v) is 9.68. The topological polar surface area (TPSA) is 55.5 Å². The van der Waals surface area contributed by atoms with E-state index in [0.29, 0.717) is 0 Å². The molecule has 0 amide bonds. The summed E-state index contributed by atoms with van der Waals surface area (Å²) in [7, 11) is 0. The van der Waals surface area contributed by atoms with E-state index in [-0.39, 0.29) is 6.61 Å². The molecule has 17 heavy (non-hydrogen) atoms. The quantitative estimate of drug-likeness (QED) is 0.796. The minimum Gasteiger partial charge on any atom is -0.457 e. The third-order valence-electron chi connectivity index (χ3n) is 2.58. The molecule has 88 valence electrons. The van der Waals surface area contributed by atoms with Crippen LogP contribution >= 0.6 is 0 Å². The lowest BCUT2D eigenvalue weighted by molar-refractivity contribution is 0.281. The number of hydrogen-bond donors (Lipinski definition) is 2. The summed E-state index contributed by atoms with van der Waals surface area (Å²) in [6.07, 6.45) is 0. The summed E-state index contributed by atoms with van der Waals surface area (Å²) in [6, 6.07) is 12.9. The van der Waals surface area contributed by atoms with Gasteiger partial charge >= 0.3 is 0 Å². The monoisotopic (exact) mass is 229 g/mol. The van der Waals surface area contributed by atoms with Crippen molar-refractivity contribution in [3.8, 4) is 11.5 Å². The van der Waals surface area contributed by atoms with Gasteiger partial charge in [0.25, 0.3) is 0 Å². The van der Waals surface area contributed by atoms with E-state index in [1.807, 2.05) is 49.4 Å². The number of hydrogen-bond acceptors (Lipinski definition) is 3. The van der Waals surface area contributed by atoms with Gasteiger partial charge in [0.15, 0.2) is 0 Å². The van der Waals surface area contributed by atoms with Crippen LogP contribution in [-0.4, -0.2) is 5.11 Å². The van der Waals surface area contributed by atoms with Gasteiger partial charge in [-0.25, -0.2) is 0 Å². The summed E-state index contributed by atoms with van der Waals surface area (Å²) in [5.74, 6) is 1.50. The molecule has 0 aliphatic carbocycles. The van der Waals surface area contributed by atoms with Gasteiger partial charge in [0, 0.05) is 5.69 Å². The van der Waals surface area contributed by atoms with Gasteiger partial charge in [-0.15, -0.1) is 0 Å². The van der Waals surface area contributed by atoms with Gasteiger partial charge in [0.1, 0.15) is 11.5 Å². The fourth-order valence-electron chi connectivity index (χ4n) is 1.51. The zero-order valence-electron chi connectivity index (χ0n) is 9.68. The number of anilines is 1. The average molecular weight is 229 g/mol. The van der Waals surface area contributed by atoms with Crippen molar-refractivity contribution in [1.82, 2.24) is 0 Å². The fraction of sp³-hybridized carbons (Fsp3) is 0.143. The summed E-state index contributed by atoms with van der Waals surface area (Å²) in [5.41, 5.74) is 8.36. The molecular weight excluding hydrogens is 214 g/mol. The van der Waals surface area contributed by atoms with Crippen LogP contribution in [0.1, 0.15) is 11.1 Å². The molecule has 3 nitrogen and oxygen atoms in total. The highest BCUT2D eigenvalue weighted by Crippen LogP contribution is 2.24. The molecule has 0 spiro atoms. The first kappa shape index (κ1) is 11.5. The van der Waals surface area contributed by atoms with E-state index >= 15 is 0 Å². The highest BCUT2D eigenvalue weighted by molar-refractivity contribution is 5.50. The largest absolute Gasteiger partial charge is 0.457 e. The van der Waals surface area contributed by atoms with Crippen LogP contribution in [0.25, 0.3) is 0 Å². The lowest BCUT2D eigenvalue weighted by atomic mass is 10.2. The first-order chi connectivity index (χ1) is 8.19. The molecule has 0 saturated heterocycles. The molecule has 0 atom stereocenters. The van der Waals surface area contributed by atoms with Gasteiger partial charge in [0.2, 0.25) is 0 Å². The second-order valence-corrected chi connectivity index (χ2v) is 3.92. The van der Waals surface area contributed by atoms with Gasteiger partial charge in [-0.3, -0.25) is 0 Å². The number of aryl methyl sites for hydroxylation is 1. The third kappa shape index (κ3) is 2.77. The molecule has 2 rings (SSSR count). The molecule has 0 radical (unpaired) electrons. The Bertz CT molecular complexity index is 506. The second kappa shape index (κ2) is 4.89. The molecule has 0 aromatic heterocycles. The van der Waals surface area contributed by atoms with E-state index in [4.69, 9.17) is 15.6 Å². The van der Waals surface area contributed by atoms with Crippen molar-refractivity contribution in [1.29, 1.82) is 0 Å². The first-order valence-corrected chi connectivity index (χ1v) is 5.43. The number of nitrogens with two attached hydrogens (primary N) is 1. The van der Waals surface area contributed by atoms with Crippen molar-refractivity contribution in [2.45, 2.75) is 13.5 Å². The molecule has 0 aliphatic heterocycles. The maximum atomic E-state index is 8.93. The molecule has 3 N–H and O–H groups in total. The number of aliphatic hydroxyl groups excluding tert-OH is 1. The van der Waals surface area contributed by atoms with Crippen molar-refractivity contribution >= 4 is 5.69 Å². The van der Waals surface area contributed by atoms with E-state index in [0.717, 1.165) is 28.3 Å². The standard InChI is InChI=1S/C14H15NO2/c1-10-8-13(6-7-14(10)15)17-12-4-2-11(9-16)3-5-12/h2-8,16H,9,15H2,1H3. The Morgan fingerprint density at radius 1 is 1.06 bits per heavy atom. The fourth-order valence-corrected chi connectivity index (χ4v) is 1.51. The average Bonchev–Trinajstić information content (AvgIpc) is 2.35. The summed E-state index contributed by atoms with van der Waals surface area (Å²) in [6.45, 7) is 1.98. The predicted molar refractivity (Wildman–Crippen MR) is 68.0 cm³/mol. The lowest BCUT2D eigenvalue weighted by Crippen LogP contribution is -1.91. The third-order valence-corrected chi connectivity index (χ3v) is 2.58. The molecule has 2 aromatic rings. The van der Waals surface area contributed by atoms with Gasteiger partial charge in [0.05, 0.1) is 6.61 Å². The Morgan fingerprint density at radius 3 is 2.29 bits per heavy atom. The summed E-state index contributed by atoms with van der Waals surface area (Å²) in [5, 5.41) is 8.93. The van der Waals surface area contributed by atoms with Gasteiger partial charge < -0.3 is 15.6 Å². The van der Waals surface area contributed by atoms with Gasteiger partial charge in [-0.2, -0.15) is 0 Å². The number of aliphatic hydroxyl groups is 1. The first-order valence-electron chi connectivity index (χ1n) is 5.43. The highest BCUT2D eigenvalue weighted by Gasteiger charge is 2.00. The van der Waals surface area contributed by atoms with E-state index in [1.165, 1.54) is 0 Å². The Morgan fingerprint density at radius 2 is 1.71 bits per heavy atom. The maximum Gasteiger partial charge on any atom is 0.127 e. The van der Waals surface area contributed by atoms with Crippen LogP contribution in [0.5, 0.6) is 11.5 Å². The molecule has 0 unspecified atom stereocenters. The minimum atomic E-state index is 0.0429.